The van der Waals surface area contributed by atoms with Crippen molar-refractivity contribution in [2.75, 3.05) is 27.2 Å². The second-order valence-corrected chi connectivity index (χ2v) is 7.57. The molecule has 1 atom stereocenters. The third-order valence-electron chi connectivity index (χ3n) is 5.26. The largest absolute Gasteiger partial charge is 0.507 e. The van der Waals surface area contributed by atoms with Crippen LogP contribution in [0.5, 0.6) is 0 Å². The minimum atomic E-state index is -0.725. The number of carbonyl (C=O) groups excluding carboxylic acids is 2. The lowest BCUT2D eigenvalue weighted by Gasteiger charge is -2.25. The third-order valence-corrected chi connectivity index (χ3v) is 5.26. The molecule has 2 aromatic rings. The molecule has 0 radical (unpaired) electrons. The van der Waals surface area contributed by atoms with E-state index in [1.165, 1.54) is 4.90 Å². The second-order valence-electron chi connectivity index (χ2n) is 7.57. The summed E-state index contributed by atoms with van der Waals surface area (Å²) >= 11 is 0. The van der Waals surface area contributed by atoms with Gasteiger partial charge in [0.1, 0.15) is 11.8 Å². The molecule has 0 aromatic carbocycles. The van der Waals surface area contributed by atoms with Crippen LogP contribution in [-0.2, 0) is 16.6 Å². The number of amides is 1. The Kier molecular flexibility index (Phi) is 5.83. The maximum Gasteiger partial charge on any atom is 0.295 e. The number of Topliss-reactive ketones (excluding diaryl/α,β-unsaturated/α-hetero) is 1. The number of hydrogen-bond donors (Lipinski definition) is 1. The van der Waals surface area contributed by atoms with Gasteiger partial charge in [-0.2, -0.15) is 5.10 Å². The molecule has 0 saturated carbocycles. The lowest BCUT2D eigenvalue weighted by Crippen LogP contribution is -2.32. The van der Waals surface area contributed by atoms with E-state index in [0.717, 1.165) is 12.2 Å². The first-order valence-electron chi connectivity index (χ1n) is 9.58. The van der Waals surface area contributed by atoms with E-state index in [1.807, 2.05) is 32.0 Å². The highest BCUT2D eigenvalue weighted by atomic mass is 16.3. The van der Waals surface area contributed by atoms with Crippen molar-refractivity contribution in [2.45, 2.75) is 26.3 Å². The SMILES string of the molecule is Cc1nn(C)c(C)c1C(O)=C1C(=O)C(=O)N(CCCN(C)C)C1c1ccccn1. The molecule has 1 fully saturated rings. The fourth-order valence-electron chi connectivity index (χ4n) is 3.76. The van der Waals surface area contributed by atoms with Gasteiger partial charge >= 0.3 is 0 Å². The van der Waals surface area contributed by atoms with Crippen LogP contribution in [0.15, 0.2) is 30.0 Å². The van der Waals surface area contributed by atoms with E-state index in [1.54, 1.807) is 37.0 Å². The first-order chi connectivity index (χ1) is 13.7. The van der Waals surface area contributed by atoms with E-state index in [4.69, 9.17) is 0 Å². The molecular weight excluding hydrogens is 370 g/mol. The van der Waals surface area contributed by atoms with Crippen molar-refractivity contribution >= 4 is 17.4 Å². The van der Waals surface area contributed by atoms with E-state index >= 15 is 0 Å². The molecule has 1 unspecified atom stereocenters. The Morgan fingerprint density at radius 3 is 2.52 bits per heavy atom. The smallest absolute Gasteiger partial charge is 0.295 e. The molecule has 2 aromatic heterocycles. The van der Waals surface area contributed by atoms with E-state index < -0.39 is 17.7 Å². The lowest BCUT2D eigenvalue weighted by atomic mass is 9.97. The quantitative estimate of drug-likeness (QED) is 0.454. The van der Waals surface area contributed by atoms with Crippen molar-refractivity contribution in [3.63, 3.8) is 0 Å². The van der Waals surface area contributed by atoms with Crippen LogP contribution in [0.4, 0.5) is 0 Å². The summed E-state index contributed by atoms with van der Waals surface area (Å²) in [6.07, 6.45) is 2.32. The molecule has 1 aliphatic rings. The van der Waals surface area contributed by atoms with Crippen LogP contribution in [0.25, 0.3) is 5.76 Å². The monoisotopic (exact) mass is 397 g/mol. The zero-order chi connectivity index (χ0) is 21.3. The highest BCUT2D eigenvalue weighted by Gasteiger charge is 2.46. The van der Waals surface area contributed by atoms with Crippen molar-refractivity contribution in [3.05, 3.63) is 52.6 Å². The number of likely N-dealkylation sites (tertiary alicyclic amines) is 1. The lowest BCUT2D eigenvalue weighted by molar-refractivity contribution is -0.140. The Morgan fingerprint density at radius 1 is 1.24 bits per heavy atom. The van der Waals surface area contributed by atoms with Crippen LogP contribution in [0, 0.1) is 13.8 Å². The van der Waals surface area contributed by atoms with Gasteiger partial charge in [-0.3, -0.25) is 19.3 Å². The number of aliphatic hydroxyl groups is 1. The molecule has 0 spiro atoms. The van der Waals surface area contributed by atoms with Gasteiger partial charge in [0.15, 0.2) is 0 Å². The topological polar surface area (TPSA) is 91.6 Å². The molecule has 3 rings (SSSR count). The molecule has 0 bridgehead atoms. The molecule has 3 heterocycles. The highest BCUT2D eigenvalue weighted by Crippen LogP contribution is 2.39. The summed E-state index contributed by atoms with van der Waals surface area (Å²) in [6, 6.07) is 4.63. The van der Waals surface area contributed by atoms with Crippen LogP contribution in [0.1, 0.15) is 35.1 Å². The zero-order valence-corrected chi connectivity index (χ0v) is 17.5. The average Bonchev–Trinajstić information content (AvgIpc) is 3.08. The van der Waals surface area contributed by atoms with Gasteiger partial charge < -0.3 is 14.9 Å². The zero-order valence-electron chi connectivity index (χ0n) is 17.5. The number of nitrogens with zero attached hydrogens (tertiary/aromatic N) is 5. The number of aryl methyl sites for hydroxylation is 2. The molecule has 154 valence electrons. The Balaban J connectivity index is 2.13. The number of aliphatic hydroxyl groups excluding tert-OH is 1. The number of aromatic nitrogens is 3. The molecule has 8 nitrogen and oxygen atoms in total. The maximum absolute atomic E-state index is 13.0. The predicted octanol–water partition coefficient (Wildman–Crippen LogP) is 1.81. The molecule has 29 heavy (non-hydrogen) atoms. The standard InChI is InChI=1S/C21H27N5O3/c1-13-16(14(2)25(5)23-13)19(27)17-18(15-9-6-7-10-22-15)26(21(29)20(17)28)12-8-11-24(3)4/h6-7,9-10,18,27H,8,11-12H2,1-5H3. The molecular formula is C21H27N5O3. The van der Waals surface area contributed by atoms with Crippen LogP contribution in [0.2, 0.25) is 0 Å². The summed E-state index contributed by atoms with van der Waals surface area (Å²) in [5.41, 5.74) is 2.43. The van der Waals surface area contributed by atoms with Gasteiger partial charge in [-0.25, -0.2) is 0 Å². The number of ketones is 1. The predicted molar refractivity (Wildman–Crippen MR) is 109 cm³/mol. The van der Waals surface area contributed by atoms with Gasteiger partial charge in [0.05, 0.1) is 22.5 Å². The van der Waals surface area contributed by atoms with E-state index in [0.29, 0.717) is 29.9 Å². The van der Waals surface area contributed by atoms with Crippen molar-refractivity contribution in [1.82, 2.24) is 24.6 Å². The van der Waals surface area contributed by atoms with Gasteiger partial charge in [-0.05, 0) is 53.0 Å². The summed E-state index contributed by atoms with van der Waals surface area (Å²) < 4.78 is 1.65. The average molecular weight is 397 g/mol. The van der Waals surface area contributed by atoms with Crippen molar-refractivity contribution < 1.29 is 14.7 Å². The highest BCUT2D eigenvalue weighted by molar-refractivity contribution is 6.46. The van der Waals surface area contributed by atoms with Gasteiger partial charge in [0.25, 0.3) is 11.7 Å². The van der Waals surface area contributed by atoms with E-state index in [-0.39, 0.29) is 11.3 Å². The summed E-state index contributed by atoms with van der Waals surface area (Å²) in [5, 5.41) is 15.5. The Hall–Kier alpha value is -3.00. The van der Waals surface area contributed by atoms with Crippen molar-refractivity contribution in [2.24, 2.45) is 7.05 Å². The fraction of sp³-hybridized carbons (Fsp3) is 0.429. The Bertz CT molecular complexity index is 962. The number of carbonyl (C=O) groups is 2. The molecule has 8 heteroatoms. The van der Waals surface area contributed by atoms with Crippen LogP contribution in [-0.4, -0.2) is 68.5 Å². The van der Waals surface area contributed by atoms with Gasteiger partial charge in [0.2, 0.25) is 0 Å². The molecule has 1 amide bonds. The third kappa shape index (κ3) is 3.80. The van der Waals surface area contributed by atoms with Crippen LogP contribution >= 0.6 is 0 Å². The van der Waals surface area contributed by atoms with Crippen molar-refractivity contribution in [3.8, 4) is 0 Å². The van der Waals surface area contributed by atoms with E-state index in [2.05, 4.69) is 10.1 Å². The molecule has 1 N–H and O–H groups in total. The van der Waals surface area contributed by atoms with Gasteiger partial charge in [-0.1, -0.05) is 6.07 Å². The van der Waals surface area contributed by atoms with Gasteiger partial charge in [0, 0.05) is 25.5 Å². The number of rotatable bonds is 6. The minimum Gasteiger partial charge on any atom is -0.507 e. The minimum absolute atomic E-state index is 0.0674. The number of pyridine rings is 1. The fourth-order valence-corrected chi connectivity index (χ4v) is 3.76. The summed E-state index contributed by atoms with van der Waals surface area (Å²) in [6.45, 7) is 4.76. The Morgan fingerprint density at radius 2 is 1.97 bits per heavy atom. The maximum atomic E-state index is 13.0. The first-order valence-corrected chi connectivity index (χ1v) is 9.58. The summed E-state index contributed by atoms with van der Waals surface area (Å²) in [5.74, 6) is -1.50. The summed E-state index contributed by atoms with van der Waals surface area (Å²) in [7, 11) is 5.69. The Labute approximate surface area is 170 Å². The summed E-state index contributed by atoms with van der Waals surface area (Å²) in [4.78, 5) is 33.7. The number of hydrogen-bond acceptors (Lipinski definition) is 6. The molecule has 1 saturated heterocycles. The van der Waals surface area contributed by atoms with Crippen LogP contribution in [0.3, 0.4) is 0 Å². The normalized spacial score (nSPS) is 18.8. The van der Waals surface area contributed by atoms with Crippen LogP contribution < -0.4 is 0 Å². The first kappa shape index (κ1) is 20.7. The van der Waals surface area contributed by atoms with Gasteiger partial charge in [-0.15, -0.1) is 0 Å². The second kappa shape index (κ2) is 8.16. The van der Waals surface area contributed by atoms with E-state index in [9.17, 15) is 14.7 Å². The van der Waals surface area contributed by atoms with Crippen molar-refractivity contribution in [1.29, 1.82) is 0 Å². The molecule has 1 aliphatic heterocycles. The molecule has 0 aliphatic carbocycles.